The highest BCUT2D eigenvalue weighted by molar-refractivity contribution is 5.89. The molecule has 2 amide bonds. The standard InChI is InChI=1S/C29H36N2O5/c1-4-30(26(17-19(2)3)27(32)31-16-10-9-15-25(31)28(33)34)29(35)36-18-24-22-13-7-5-11-20(22)21-12-6-8-14-23(21)24/h5-8,11-14,19,24-26H,4,9-10,15-18H2,1-3H3,(H,33,34)/t25-,26?/m1/s1. The number of likely N-dealkylation sites (N-methyl/N-ethyl adjacent to an activating group) is 1. The van der Waals surface area contributed by atoms with Gasteiger partial charge in [0, 0.05) is 19.0 Å². The molecule has 1 saturated heterocycles. The van der Waals surface area contributed by atoms with E-state index in [2.05, 4.69) is 24.3 Å². The Morgan fingerprint density at radius 2 is 1.64 bits per heavy atom. The van der Waals surface area contributed by atoms with Crippen LogP contribution in [0.1, 0.15) is 63.5 Å². The highest BCUT2D eigenvalue weighted by atomic mass is 16.6. The summed E-state index contributed by atoms with van der Waals surface area (Å²) in [6.07, 6.45) is 1.88. The van der Waals surface area contributed by atoms with E-state index in [4.69, 9.17) is 4.74 Å². The maximum absolute atomic E-state index is 13.7. The number of carboxylic acids is 1. The number of aliphatic carboxylic acids is 1. The molecule has 0 radical (unpaired) electrons. The fourth-order valence-corrected chi connectivity index (χ4v) is 5.61. The van der Waals surface area contributed by atoms with Crippen molar-refractivity contribution >= 4 is 18.0 Å². The van der Waals surface area contributed by atoms with Gasteiger partial charge in [0.25, 0.3) is 0 Å². The van der Waals surface area contributed by atoms with Crippen LogP contribution in [0.4, 0.5) is 4.79 Å². The Labute approximate surface area is 213 Å². The van der Waals surface area contributed by atoms with Gasteiger partial charge in [0.1, 0.15) is 18.7 Å². The summed E-state index contributed by atoms with van der Waals surface area (Å²) in [4.78, 5) is 41.8. The summed E-state index contributed by atoms with van der Waals surface area (Å²) in [6.45, 7) is 6.69. The highest BCUT2D eigenvalue weighted by Crippen LogP contribution is 2.44. The number of likely N-dealkylation sites (tertiary alicyclic amines) is 1. The van der Waals surface area contributed by atoms with E-state index in [0.717, 1.165) is 35.1 Å². The number of nitrogens with zero attached hydrogens (tertiary/aromatic N) is 2. The maximum Gasteiger partial charge on any atom is 0.410 e. The molecular formula is C29H36N2O5. The van der Waals surface area contributed by atoms with E-state index >= 15 is 0 Å². The van der Waals surface area contributed by atoms with Crippen LogP contribution in [0, 0.1) is 5.92 Å². The third-order valence-corrected chi connectivity index (χ3v) is 7.34. The smallest absolute Gasteiger partial charge is 0.410 e. The SMILES string of the molecule is CCN(C(=O)OCC1c2ccccc2-c2ccccc21)C(CC(C)C)C(=O)N1CCCC[C@@H]1C(=O)O. The second kappa shape index (κ2) is 11.1. The summed E-state index contributed by atoms with van der Waals surface area (Å²) in [7, 11) is 0. The van der Waals surface area contributed by atoms with Gasteiger partial charge in [0.2, 0.25) is 5.91 Å². The van der Waals surface area contributed by atoms with Crippen LogP contribution in [-0.2, 0) is 14.3 Å². The fourth-order valence-electron chi connectivity index (χ4n) is 5.61. The minimum absolute atomic E-state index is 0.0715. The predicted molar refractivity (Wildman–Crippen MR) is 138 cm³/mol. The third kappa shape index (κ3) is 5.11. The first-order valence-corrected chi connectivity index (χ1v) is 13.0. The van der Waals surface area contributed by atoms with Crippen molar-refractivity contribution in [3.63, 3.8) is 0 Å². The Bertz CT molecular complexity index is 1070. The molecule has 7 nitrogen and oxygen atoms in total. The van der Waals surface area contributed by atoms with Crippen LogP contribution in [0.25, 0.3) is 11.1 Å². The topological polar surface area (TPSA) is 87.2 Å². The van der Waals surface area contributed by atoms with E-state index in [1.807, 2.05) is 45.0 Å². The van der Waals surface area contributed by atoms with Crippen molar-refractivity contribution in [1.82, 2.24) is 9.80 Å². The van der Waals surface area contributed by atoms with Gasteiger partial charge in [-0.3, -0.25) is 9.69 Å². The van der Waals surface area contributed by atoms with Gasteiger partial charge >= 0.3 is 12.1 Å². The van der Waals surface area contributed by atoms with Crippen molar-refractivity contribution in [1.29, 1.82) is 0 Å². The molecule has 7 heteroatoms. The molecule has 0 aromatic heterocycles. The second-order valence-corrected chi connectivity index (χ2v) is 10.1. The summed E-state index contributed by atoms with van der Waals surface area (Å²) in [6, 6.07) is 14.7. The number of carbonyl (C=O) groups excluding carboxylic acids is 2. The molecule has 2 aromatic carbocycles. The van der Waals surface area contributed by atoms with Gasteiger partial charge in [-0.2, -0.15) is 0 Å². The molecule has 1 heterocycles. The Balaban J connectivity index is 1.53. The molecule has 1 aliphatic carbocycles. The molecular weight excluding hydrogens is 456 g/mol. The monoisotopic (exact) mass is 492 g/mol. The van der Waals surface area contributed by atoms with Crippen molar-refractivity contribution < 1.29 is 24.2 Å². The first kappa shape index (κ1) is 25.7. The van der Waals surface area contributed by atoms with E-state index < -0.39 is 24.1 Å². The molecule has 1 unspecified atom stereocenters. The summed E-state index contributed by atoms with van der Waals surface area (Å²) in [5.41, 5.74) is 4.56. The van der Waals surface area contributed by atoms with Gasteiger partial charge in [-0.15, -0.1) is 0 Å². The van der Waals surface area contributed by atoms with Crippen molar-refractivity contribution in [2.75, 3.05) is 19.7 Å². The van der Waals surface area contributed by atoms with E-state index in [1.165, 1.54) is 9.80 Å². The first-order chi connectivity index (χ1) is 17.3. The lowest BCUT2D eigenvalue weighted by Crippen LogP contribution is -2.57. The largest absolute Gasteiger partial charge is 0.480 e. The van der Waals surface area contributed by atoms with Gasteiger partial charge in [-0.1, -0.05) is 62.4 Å². The Morgan fingerprint density at radius 1 is 1.03 bits per heavy atom. The number of amides is 2. The molecule has 4 rings (SSSR count). The Morgan fingerprint density at radius 3 is 2.19 bits per heavy atom. The number of carboxylic acid groups (broad SMARTS) is 1. The van der Waals surface area contributed by atoms with Gasteiger partial charge in [-0.25, -0.2) is 9.59 Å². The number of carbonyl (C=O) groups is 3. The summed E-state index contributed by atoms with van der Waals surface area (Å²) in [5, 5.41) is 9.69. The molecule has 2 aliphatic rings. The number of hydrogen-bond donors (Lipinski definition) is 1. The van der Waals surface area contributed by atoms with Crippen LogP contribution in [0.3, 0.4) is 0 Å². The van der Waals surface area contributed by atoms with E-state index in [-0.39, 0.29) is 24.3 Å². The molecule has 0 saturated carbocycles. The molecule has 1 aliphatic heterocycles. The predicted octanol–water partition coefficient (Wildman–Crippen LogP) is 5.14. The lowest BCUT2D eigenvalue weighted by atomic mass is 9.97. The van der Waals surface area contributed by atoms with Crippen LogP contribution >= 0.6 is 0 Å². The normalized spacial score (nSPS) is 17.9. The highest BCUT2D eigenvalue weighted by Gasteiger charge is 2.40. The summed E-state index contributed by atoms with van der Waals surface area (Å²) in [5.74, 6) is -1.22. The van der Waals surface area contributed by atoms with Crippen LogP contribution in [-0.4, -0.2) is 64.7 Å². The van der Waals surface area contributed by atoms with E-state index in [1.54, 1.807) is 0 Å². The summed E-state index contributed by atoms with van der Waals surface area (Å²) < 4.78 is 5.87. The number of benzene rings is 2. The zero-order valence-electron chi connectivity index (χ0n) is 21.4. The minimum atomic E-state index is -0.990. The van der Waals surface area contributed by atoms with E-state index in [9.17, 15) is 19.5 Å². The van der Waals surface area contributed by atoms with Crippen molar-refractivity contribution in [3.8, 4) is 11.1 Å². The van der Waals surface area contributed by atoms with Gasteiger partial charge in [0.05, 0.1) is 0 Å². The first-order valence-electron chi connectivity index (χ1n) is 13.0. The number of rotatable bonds is 8. The van der Waals surface area contributed by atoms with Crippen molar-refractivity contribution in [2.45, 2.75) is 64.5 Å². The number of piperidine rings is 1. The molecule has 1 fully saturated rings. The molecule has 1 N–H and O–H groups in total. The Kier molecular flexibility index (Phi) is 7.97. The molecule has 0 spiro atoms. The molecule has 2 atom stereocenters. The second-order valence-electron chi connectivity index (χ2n) is 10.1. The van der Waals surface area contributed by atoms with Crippen LogP contribution in [0.2, 0.25) is 0 Å². The lowest BCUT2D eigenvalue weighted by Gasteiger charge is -2.39. The van der Waals surface area contributed by atoms with Crippen molar-refractivity contribution in [3.05, 3.63) is 59.7 Å². The lowest BCUT2D eigenvalue weighted by molar-refractivity contribution is -0.154. The maximum atomic E-state index is 13.7. The average molecular weight is 493 g/mol. The van der Waals surface area contributed by atoms with Gasteiger partial charge in [0.15, 0.2) is 0 Å². The van der Waals surface area contributed by atoms with E-state index in [0.29, 0.717) is 25.9 Å². The molecule has 2 aromatic rings. The minimum Gasteiger partial charge on any atom is -0.480 e. The van der Waals surface area contributed by atoms with Gasteiger partial charge in [-0.05, 0) is 60.8 Å². The number of ether oxygens (including phenoxy) is 1. The quantitative estimate of drug-likeness (QED) is 0.552. The number of fused-ring (bicyclic) bond motifs is 3. The van der Waals surface area contributed by atoms with Gasteiger partial charge < -0.3 is 14.7 Å². The zero-order chi connectivity index (χ0) is 25.8. The summed E-state index contributed by atoms with van der Waals surface area (Å²) >= 11 is 0. The third-order valence-electron chi connectivity index (χ3n) is 7.34. The van der Waals surface area contributed by atoms with Crippen LogP contribution in [0.5, 0.6) is 0 Å². The van der Waals surface area contributed by atoms with Crippen LogP contribution in [0.15, 0.2) is 48.5 Å². The van der Waals surface area contributed by atoms with Crippen molar-refractivity contribution in [2.24, 2.45) is 5.92 Å². The Hall–Kier alpha value is -3.35. The molecule has 0 bridgehead atoms. The fraction of sp³-hybridized carbons (Fsp3) is 0.483. The molecule has 36 heavy (non-hydrogen) atoms. The zero-order valence-corrected chi connectivity index (χ0v) is 21.4. The number of hydrogen-bond acceptors (Lipinski definition) is 4. The van der Waals surface area contributed by atoms with Crippen LogP contribution < -0.4 is 0 Å². The average Bonchev–Trinajstić information content (AvgIpc) is 3.20. The molecule has 192 valence electrons.